The maximum Gasteiger partial charge on any atom is 0.0737 e. The highest BCUT2D eigenvalue weighted by Crippen LogP contribution is 2.54. The van der Waals surface area contributed by atoms with Gasteiger partial charge in [0.15, 0.2) is 0 Å². The SMILES string of the molecule is c1ccc(C2=NN(c3ccccc3)[C@@H]3[C@@H]4CC[C@H](C4)[C@H]23)cc1. The van der Waals surface area contributed by atoms with Crippen LogP contribution in [0.15, 0.2) is 65.8 Å². The van der Waals surface area contributed by atoms with Crippen LogP contribution in [0.3, 0.4) is 0 Å². The molecule has 2 aromatic carbocycles. The molecule has 22 heavy (non-hydrogen) atoms. The van der Waals surface area contributed by atoms with E-state index in [0.29, 0.717) is 12.0 Å². The van der Waals surface area contributed by atoms with Crippen molar-refractivity contribution in [3.63, 3.8) is 0 Å². The van der Waals surface area contributed by atoms with E-state index in [4.69, 9.17) is 5.10 Å². The van der Waals surface area contributed by atoms with Crippen LogP contribution in [0.4, 0.5) is 5.69 Å². The lowest BCUT2D eigenvalue weighted by Crippen LogP contribution is -2.38. The smallest absolute Gasteiger partial charge is 0.0737 e. The fourth-order valence-electron chi connectivity index (χ4n) is 4.92. The van der Waals surface area contributed by atoms with Gasteiger partial charge in [0, 0.05) is 5.92 Å². The molecule has 2 aliphatic carbocycles. The molecule has 0 aromatic heterocycles. The Morgan fingerprint density at radius 3 is 2.27 bits per heavy atom. The Hall–Kier alpha value is -2.09. The van der Waals surface area contributed by atoms with Crippen molar-refractivity contribution in [3.05, 3.63) is 66.2 Å². The summed E-state index contributed by atoms with van der Waals surface area (Å²) in [5.41, 5.74) is 3.88. The van der Waals surface area contributed by atoms with Gasteiger partial charge in [0.1, 0.15) is 0 Å². The molecule has 5 rings (SSSR count). The van der Waals surface area contributed by atoms with Gasteiger partial charge in [0.2, 0.25) is 0 Å². The molecular formula is C20H20N2. The summed E-state index contributed by atoms with van der Waals surface area (Å²) in [6, 6.07) is 22.1. The first kappa shape index (κ1) is 12.5. The van der Waals surface area contributed by atoms with E-state index in [2.05, 4.69) is 65.7 Å². The Morgan fingerprint density at radius 2 is 1.50 bits per heavy atom. The van der Waals surface area contributed by atoms with Gasteiger partial charge in [0.25, 0.3) is 0 Å². The van der Waals surface area contributed by atoms with E-state index in [1.165, 1.54) is 36.2 Å². The van der Waals surface area contributed by atoms with Gasteiger partial charge in [-0.25, -0.2) is 0 Å². The van der Waals surface area contributed by atoms with Gasteiger partial charge < -0.3 is 0 Å². The van der Waals surface area contributed by atoms with Crippen LogP contribution in [0.5, 0.6) is 0 Å². The monoisotopic (exact) mass is 288 g/mol. The lowest BCUT2D eigenvalue weighted by molar-refractivity contribution is 0.364. The zero-order chi connectivity index (χ0) is 14.5. The predicted octanol–water partition coefficient (Wildman–Crippen LogP) is 4.33. The molecule has 0 saturated heterocycles. The van der Waals surface area contributed by atoms with E-state index in [0.717, 1.165) is 11.8 Å². The van der Waals surface area contributed by atoms with Crippen molar-refractivity contribution in [3.8, 4) is 0 Å². The minimum Gasteiger partial charge on any atom is -0.261 e. The number of rotatable bonds is 2. The molecule has 2 heteroatoms. The molecular weight excluding hydrogens is 268 g/mol. The van der Waals surface area contributed by atoms with E-state index < -0.39 is 0 Å². The largest absolute Gasteiger partial charge is 0.261 e. The number of nitrogens with zero attached hydrogens (tertiary/aromatic N) is 2. The molecule has 110 valence electrons. The van der Waals surface area contributed by atoms with Crippen molar-refractivity contribution < 1.29 is 0 Å². The molecule has 3 aliphatic rings. The van der Waals surface area contributed by atoms with E-state index >= 15 is 0 Å². The molecule has 0 unspecified atom stereocenters. The van der Waals surface area contributed by atoms with E-state index in [1.807, 2.05) is 0 Å². The number of hydrazone groups is 1. The van der Waals surface area contributed by atoms with Crippen molar-refractivity contribution >= 4 is 11.4 Å². The summed E-state index contributed by atoms with van der Waals surface area (Å²) in [7, 11) is 0. The van der Waals surface area contributed by atoms with Crippen molar-refractivity contribution in [2.45, 2.75) is 25.3 Å². The van der Waals surface area contributed by atoms with E-state index in [9.17, 15) is 0 Å². The van der Waals surface area contributed by atoms with Crippen LogP contribution in [-0.2, 0) is 0 Å². The lowest BCUT2D eigenvalue weighted by atomic mass is 9.80. The van der Waals surface area contributed by atoms with Crippen LogP contribution >= 0.6 is 0 Å². The lowest BCUT2D eigenvalue weighted by Gasteiger charge is -2.31. The molecule has 0 spiro atoms. The van der Waals surface area contributed by atoms with Gasteiger partial charge in [-0.05, 0) is 48.8 Å². The van der Waals surface area contributed by atoms with Crippen LogP contribution < -0.4 is 5.01 Å². The molecule has 4 atom stereocenters. The summed E-state index contributed by atoms with van der Waals surface area (Å²) >= 11 is 0. The number of hydrogen-bond acceptors (Lipinski definition) is 2. The zero-order valence-corrected chi connectivity index (χ0v) is 12.6. The van der Waals surface area contributed by atoms with Crippen LogP contribution in [0, 0.1) is 17.8 Å². The van der Waals surface area contributed by atoms with E-state index in [1.54, 1.807) is 0 Å². The highest BCUT2D eigenvalue weighted by atomic mass is 15.5. The third-order valence-corrected chi connectivity index (χ3v) is 5.78. The number of hydrogen-bond donors (Lipinski definition) is 0. The summed E-state index contributed by atoms with van der Waals surface area (Å²) in [5, 5.41) is 7.43. The maximum atomic E-state index is 5.10. The molecule has 0 radical (unpaired) electrons. The van der Waals surface area contributed by atoms with Gasteiger partial charge in [0.05, 0.1) is 17.4 Å². The Morgan fingerprint density at radius 1 is 0.818 bits per heavy atom. The van der Waals surface area contributed by atoms with Crippen molar-refractivity contribution in [1.29, 1.82) is 0 Å². The summed E-state index contributed by atoms with van der Waals surface area (Å²) in [6.07, 6.45) is 4.16. The Balaban J connectivity index is 1.62. The van der Waals surface area contributed by atoms with Gasteiger partial charge in [-0.2, -0.15) is 5.10 Å². The second-order valence-corrected chi connectivity index (χ2v) is 6.88. The molecule has 0 N–H and O–H groups in total. The highest BCUT2D eigenvalue weighted by Gasteiger charge is 2.55. The Labute approximate surface area is 131 Å². The number of fused-ring (bicyclic) bond motifs is 5. The zero-order valence-electron chi connectivity index (χ0n) is 12.6. The molecule has 1 heterocycles. The fourth-order valence-corrected chi connectivity index (χ4v) is 4.92. The molecule has 0 amide bonds. The molecule has 2 bridgehead atoms. The Bertz CT molecular complexity index is 707. The van der Waals surface area contributed by atoms with Gasteiger partial charge in [-0.1, -0.05) is 48.5 Å². The average Bonchev–Trinajstić information content (AvgIpc) is 3.29. The van der Waals surface area contributed by atoms with Gasteiger partial charge in [-0.15, -0.1) is 0 Å². The van der Waals surface area contributed by atoms with Crippen molar-refractivity contribution in [2.75, 3.05) is 5.01 Å². The first-order chi connectivity index (χ1) is 10.9. The van der Waals surface area contributed by atoms with Gasteiger partial charge >= 0.3 is 0 Å². The minimum absolute atomic E-state index is 0.580. The second kappa shape index (κ2) is 4.70. The highest BCUT2D eigenvalue weighted by molar-refractivity contribution is 6.05. The third kappa shape index (κ3) is 1.70. The molecule has 1 aliphatic heterocycles. The molecule has 2 nitrogen and oxygen atoms in total. The molecule has 2 saturated carbocycles. The predicted molar refractivity (Wildman–Crippen MR) is 90.0 cm³/mol. The number of para-hydroxylation sites is 1. The standard InChI is InChI=1S/C20H20N2/c1-3-7-14(8-4-1)19-18-15-11-12-16(13-15)20(18)22(21-19)17-9-5-2-6-10-17/h1-10,15-16,18,20H,11-13H2/t15-,16-,18-,20-/m1/s1. The summed E-state index contributed by atoms with van der Waals surface area (Å²) in [6.45, 7) is 0. The first-order valence-electron chi connectivity index (χ1n) is 8.40. The van der Waals surface area contributed by atoms with Crippen LogP contribution in [0.25, 0.3) is 0 Å². The quantitative estimate of drug-likeness (QED) is 0.803. The van der Waals surface area contributed by atoms with Crippen molar-refractivity contribution in [1.82, 2.24) is 0 Å². The minimum atomic E-state index is 0.580. The van der Waals surface area contributed by atoms with Crippen LogP contribution in [0.1, 0.15) is 24.8 Å². The molecule has 2 aromatic rings. The normalized spacial score (nSPS) is 32.2. The van der Waals surface area contributed by atoms with E-state index in [-0.39, 0.29) is 0 Å². The molecule has 2 fully saturated rings. The summed E-state index contributed by atoms with van der Waals surface area (Å²) in [5.74, 6) is 2.28. The maximum absolute atomic E-state index is 5.10. The Kier molecular flexibility index (Phi) is 2.66. The summed E-state index contributed by atoms with van der Waals surface area (Å²) < 4.78 is 0. The average molecular weight is 288 g/mol. The van der Waals surface area contributed by atoms with Crippen molar-refractivity contribution in [2.24, 2.45) is 22.9 Å². The van der Waals surface area contributed by atoms with Gasteiger partial charge in [-0.3, -0.25) is 5.01 Å². The topological polar surface area (TPSA) is 15.6 Å². The number of benzene rings is 2. The number of anilines is 1. The third-order valence-electron chi connectivity index (χ3n) is 5.78. The second-order valence-electron chi connectivity index (χ2n) is 6.88. The fraction of sp³-hybridized carbons (Fsp3) is 0.350. The first-order valence-corrected chi connectivity index (χ1v) is 8.40. The summed E-state index contributed by atoms with van der Waals surface area (Å²) in [4.78, 5) is 0. The van der Waals surface area contributed by atoms with Crippen LogP contribution in [0.2, 0.25) is 0 Å². The van der Waals surface area contributed by atoms with Crippen LogP contribution in [-0.4, -0.2) is 11.8 Å².